The molecule has 6 rings (SSSR count). The quantitative estimate of drug-likeness (QED) is 0.250. The number of hydrogen-bond donors (Lipinski definition) is 4. The van der Waals surface area contributed by atoms with Crippen molar-refractivity contribution in [3.8, 4) is 11.5 Å². The molecule has 15 nitrogen and oxygen atoms in total. The molecule has 2 amide bonds. The van der Waals surface area contributed by atoms with Crippen molar-refractivity contribution < 1.29 is 48.0 Å². The van der Waals surface area contributed by atoms with Crippen molar-refractivity contribution >= 4 is 23.9 Å². The predicted molar refractivity (Wildman–Crippen MR) is 176 cm³/mol. The highest BCUT2D eigenvalue weighted by Crippen LogP contribution is 2.65. The minimum absolute atomic E-state index is 0.0522. The Kier molecular flexibility index (Phi) is 9.33. The first-order valence-electron chi connectivity index (χ1n) is 16.8. The third kappa shape index (κ3) is 6.28. The van der Waals surface area contributed by atoms with E-state index in [9.17, 15) is 24.3 Å². The van der Waals surface area contributed by atoms with E-state index in [1.165, 1.54) is 13.3 Å². The number of piperidine rings is 1. The number of aromatic amines is 1. The fourth-order valence-corrected chi connectivity index (χ4v) is 7.77. The third-order valence-corrected chi connectivity index (χ3v) is 10.1. The van der Waals surface area contributed by atoms with E-state index in [-0.39, 0.29) is 37.6 Å². The number of methoxy groups -OCH3 is 1. The number of nitrogens with one attached hydrogen (secondary N) is 3. The molecule has 0 radical (unpaired) electrons. The van der Waals surface area contributed by atoms with Gasteiger partial charge in [0.15, 0.2) is 23.7 Å². The van der Waals surface area contributed by atoms with Gasteiger partial charge in [-0.25, -0.2) is 14.6 Å². The van der Waals surface area contributed by atoms with E-state index in [4.69, 9.17) is 23.7 Å². The van der Waals surface area contributed by atoms with Crippen LogP contribution in [0.4, 0.5) is 4.79 Å². The number of esters is 1. The molecule has 2 aliphatic carbocycles. The SMILES string of the molecule is COc1ccc2c3c1O[C@H]1C(OC(=O)[C@H](Cc4cnc[nH]4)NC(=O)CCNC(=O)[C@H](C)OC(=O)OC(C)(C)C)=CC[C@@]4(O)[C@@H](C2)N(C)CC[C@]314. The molecule has 6 atom stereocenters. The normalized spacial score (nSPS) is 25.9. The summed E-state index contributed by atoms with van der Waals surface area (Å²) in [5.74, 6) is -0.504. The second-order valence-corrected chi connectivity index (χ2v) is 14.4. The van der Waals surface area contributed by atoms with Crippen LogP contribution in [0, 0.1) is 0 Å². The van der Waals surface area contributed by atoms with Crippen LogP contribution in [0.15, 0.2) is 36.5 Å². The topological polar surface area (TPSA) is 191 Å². The first-order valence-corrected chi connectivity index (χ1v) is 16.8. The van der Waals surface area contributed by atoms with Gasteiger partial charge in [0.2, 0.25) is 5.91 Å². The Morgan fingerprint density at radius 1 is 1.24 bits per heavy atom. The number of ether oxygens (including phenoxy) is 5. The average molecular weight is 696 g/mol. The lowest BCUT2D eigenvalue weighted by Gasteiger charge is -2.61. The lowest BCUT2D eigenvalue weighted by molar-refractivity contribution is -0.170. The Hall–Kier alpha value is -4.63. The molecule has 4 aliphatic rings. The van der Waals surface area contributed by atoms with E-state index < -0.39 is 58.8 Å². The number of amides is 2. The van der Waals surface area contributed by atoms with E-state index in [1.54, 1.807) is 40.2 Å². The molecule has 1 aromatic heterocycles. The Morgan fingerprint density at radius 2 is 2.02 bits per heavy atom. The van der Waals surface area contributed by atoms with E-state index in [2.05, 4.69) is 25.5 Å². The van der Waals surface area contributed by atoms with Crippen LogP contribution in [0.3, 0.4) is 0 Å². The molecule has 270 valence electrons. The number of imidazole rings is 1. The van der Waals surface area contributed by atoms with Crippen LogP contribution in [-0.4, -0.2) is 107 Å². The molecule has 1 fully saturated rings. The molecule has 0 unspecified atom stereocenters. The summed E-state index contributed by atoms with van der Waals surface area (Å²) in [5, 5.41) is 17.7. The van der Waals surface area contributed by atoms with Gasteiger partial charge in [-0.3, -0.25) is 9.59 Å². The number of likely N-dealkylation sites (tertiary alicyclic amines) is 1. The van der Waals surface area contributed by atoms with Crippen LogP contribution < -0.4 is 20.1 Å². The molecule has 2 aromatic rings. The van der Waals surface area contributed by atoms with Crippen LogP contribution in [0.1, 0.15) is 63.8 Å². The summed E-state index contributed by atoms with van der Waals surface area (Å²) in [6.45, 7) is 7.03. The number of hydrogen-bond acceptors (Lipinski definition) is 12. The van der Waals surface area contributed by atoms with Crippen molar-refractivity contribution in [1.29, 1.82) is 0 Å². The van der Waals surface area contributed by atoms with Gasteiger partial charge in [-0.1, -0.05) is 6.07 Å². The van der Waals surface area contributed by atoms with Crippen LogP contribution >= 0.6 is 0 Å². The Morgan fingerprint density at radius 3 is 2.72 bits per heavy atom. The summed E-state index contributed by atoms with van der Waals surface area (Å²) in [4.78, 5) is 60.5. The van der Waals surface area contributed by atoms with Gasteiger partial charge in [0.05, 0.1) is 24.5 Å². The van der Waals surface area contributed by atoms with Gasteiger partial charge in [0.25, 0.3) is 5.91 Å². The molecule has 3 heterocycles. The highest BCUT2D eigenvalue weighted by Gasteiger charge is 2.72. The molecule has 1 saturated heterocycles. The third-order valence-electron chi connectivity index (χ3n) is 10.1. The van der Waals surface area contributed by atoms with Gasteiger partial charge in [-0.05, 0) is 71.8 Å². The highest BCUT2D eigenvalue weighted by molar-refractivity contribution is 5.86. The van der Waals surface area contributed by atoms with E-state index in [0.717, 1.165) is 11.1 Å². The van der Waals surface area contributed by atoms with E-state index in [1.807, 2.05) is 19.2 Å². The van der Waals surface area contributed by atoms with Crippen molar-refractivity contribution in [3.63, 3.8) is 0 Å². The van der Waals surface area contributed by atoms with Crippen molar-refractivity contribution in [2.24, 2.45) is 0 Å². The van der Waals surface area contributed by atoms with Gasteiger partial charge >= 0.3 is 12.1 Å². The second kappa shape index (κ2) is 13.2. The van der Waals surface area contributed by atoms with Crippen molar-refractivity contribution in [3.05, 3.63) is 53.3 Å². The first kappa shape index (κ1) is 35.2. The van der Waals surface area contributed by atoms with Gasteiger partial charge in [0, 0.05) is 49.3 Å². The summed E-state index contributed by atoms with van der Waals surface area (Å²) in [6.07, 6.45) is 3.15. The lowest BCUT2D eigenvalue weighted by Crippen LogP contribution is -2.74. The molecule has 2 bridgehead atoms. The average Bonchev–Trinajstić information content (AvgIpc) is 3.68. The Labute approximate surface area is 290 Å². The zero-order valence-corrected chi connectivity index (χ0v) is 29.2. The fourth-order valence-electron chi connectivity index (χ4n) is 7.77. The maximum Gasteiger partial charge on any atom is 0.509 e. The standard InChI is InChI=1S/C35H45N5O10/c1-19(47-32(44)50-33(2,3)4)30(42)37-13-10-26(41)39-22(16-21-17-36-18-38-21)31(43)48-24-9-11-35(45)25-15-20-7-8-23(46-6)28-27(20)34(35,29(24)49-28)12-14-40(25)5/h7-9,17-19,22,25,29,45H,10-16H2,1-6H3,(H,36,38)(H,37,42)(H,39,41)/t19-,22-,25+,29-,34-,35+/m0/s1. The van der Waals surface area contributed by atoms with Crippen molar-refractivity contribution in [2.45, 2.75) is 101 Å². The molecule has 50 heavy (non-hydrogen) atoms. The Bertz CT molecular complexity index is 1690. The van der Waals surface area contributed by atoms with Crippen molar-refractivity contribution in [2.75, 3.05) is 27.2 Å². The minimum atomic E-state index is -1.17. The summed E-state index contributed by atoms with van der Waals surface area (Å²) >= 11 is 0. The number of carbonyl (C=O) groups is 4. The summed E-state index contributed by atoms with van der Waals surface area (Å²) in [6, 6.07) is 2.60. The van der Waals surface area contributed by atoms with E-state index >= 15 is 0 Å². The molecule has 0 saturated carbocycles. The Balaban J connectivity index is 1.15. The number of aromatic nitrogens is 2. The van der Waals surface area contributed by atoms with Gasteiger partial charge in [0.1, 0.15) is 17.4 Å². The molecular weight excluding hydrogens is 650 g/mol. The maximum atomic E-state index is 13.9. The van der Waals surface area contributed by atoms with Crippen LogP contribution in [0.25, 0.3) is 0 Å². The molecule has 2 aliphatic heterocycles. The maximum absolute atomic E-state index is 13.9. The predicted octanol–water partition coefficient (Wildman–Crippen LogP) is 1.81. The number of benzene rings is 1. The molecule has 1 aromatic carbocycles. The molecule has 15 heteroatoms. The molecular formula is C35H45N5O10. The van der Waals surface area contributed by atoms with Gasteiger partial charge in [-0.2, -0.15) is 0 Å². The number of aliphatic hydroxyl groups is 1. The largest absolute Gasteiger partial charge is 0.509 e. The lowest BCUT2D eigenvalue weighted by atomic mass is 9.50. The van der Waals surface area contributed by atoms with Gasteiger partial charge in [-0.15, -0.1) is 0 Å². The number of nitrogens with zero attached hydrogens (tertiary/aromatic N) is 2. The zero-order chi connectivity index (χ0) is 36.0. The summed E-state index contributed by atoms with van der Waals surface area (Å²) < 4.78 is 28.4. The molecule has 1 spiro atoms. The summed E-state index contributed by atoms with van der Waals surface area (Å²) in [5.41, 5.74) is -0.257. The molecule has 4 N–H and O–H groups in total. The first-order chi connectivity index (χ1) is 23.7. The number of likely N-dealkylation sites (N-methyl/N-ethyl adjacent to an activating group) is 1. The van der Waals surface area contributed by atoms with E-state index in [0.29, 0.717) is 36.6 Å². The monoisotopic (exact) mass is 695 g/mol. The highest BCUT2D eigenvalue weighted by atomic mass is 16.7. The van der Waals surface area contributed by atoms with Gasteiger partial charge < -0.3 is 49.3 Å². The number of carbonyl (C=O) groups excluding carboxylic acids is 4. The van der Waals surface area contributed by atoms with Crippen LogP contribution in [0.5, 0.6) is 11.5 Å². The number of H-pyrrole nitrogens is 1. The second-order valence-electron chi connectivity index (χ2n) is 14.4. The van der Waals surface area contributed by atoms with Crippen LogP contribution in [0.2, 0.25) is 0 Å². The smallest absolute Gasteiger partial charge is 0.493 e. The summed E-state index contributed by atoms with van der Waals surface area (Å²) in [7, 11) is 3.58. The van der Waals surface area contributed by atoms with Crippen molar-refractivity contribution in [1.82, 2.24) is 25.5 Å². The van der Waals surface area contributed by atoms with Crippen LogP contribution in [-0.2, 0) is 46.9 Å². The fraction of sp³-hybridized carbons (Fsp3) is 0.571. The number of rotatable bonds is 11. The minimum Gasteiger partial charge on any atom is -0.493 e. The zero-order valence-electron chi connectivity index (χ0n) is 29.2.